The van der Waals surface area contributed by atoms with E-state index >= 15 is 0 Å². The van der Waals surface area contributed by atoms with Gasteiger partial charge in [0.25, 0.3) is 0 Å². The summed E-state index contributed by atoms with van der Waals surface area (Å²) in [6.07, 6.45) is 2.04. The molecule has 1 nitrogen and oxygen atoms in total. The third-order valence-electron chi connectivity index (χ3n) is 2.83. The molecule has 0 aliphatic heterocycles. The Bertz CT molecular complexity index is 380. The molecule has 1 unspecified atom stereocenters. The first kappa shape index (κ1) is 14.5. The van der Waals surface area contributed by atoms with Gasteiger partial charge >= 0.3 is 0 Å². The lowest BCUT2D eigenvalue weighted by atomic mass is 10.1. The molecule has 4 heteroatoms. The largest absolute Gasteiger partial charge is 0.309 e. The molecule has 0 bridgehead atoms. The Labute approximate surface area is 106 Å². The Balaban J connectivity index is 2.71. The molecule has 0 aliphatic rings. The van der Waals surface area contributed by atoms with Gasteiger partial charge in [0.05, 0.1) is 0 Å². The second-order valence-corrected chi connectivity index (χ2v) is 6.22. The second kappa shape index (κ2) is 5.83. The van der Waals surface area contributed by atoms with Gasteiger partial charge in [-0.15, -0.1) is 0 Å². The monoisotopic (exact) mass is 259 g/mol. The van der Waals surface area contributed by atoms with Crippen molar-refractivity contribution in [2.45, 2.75) is 31.6 Å². The van der Waals surface area contributed by atoms with E-state index in [1.54, 1.807) is 17.8 Å². The van der Waals surface area contributed by atoms with Crippen LogP contribution in [0.25, 0.3) is 0 Å². The van der Waals surface area contributed by atoms with E-state index < -0.39 is 11.6 Å². The Morgan fingerprint density at radius 3 is 2.59 bits per heavy atom. The van der Waals surface area contributed by atoms with E-state index in [2.05, 4.69) is 19.2 Å². The van der Waals surface area contributed by atoms with Crippen LogP contribution in [0.4, 0.5) is 8.78 Å². The molecule has 0 saturated heterocycles. The number of hydrogen-bond acceptors (Lipinski definition) is 2. The molecule has 0 aliphatic carbocycles. The number of nitrogens with one attached hydrogen (secondary N) is 1. The minimum Gasteiger partial charge on any atom is -0.309 e. The van der Waals surface area contributed by atoms with Gasteiger partial charge in [0.2, 0.25) is 0 Å². The van der Waals surface area contributed by atoms with E-state index in [0.29, 0.717) is 5.56 Å². The van der Waals surface area contributed by atoms with E-state index in [-0.39, 0.29) is 10.8 Å². The molecule has 0 aromatic heterocycles. The highest BCUT2D eigenvalue weighted by Gasteiger charge is 2.19. The lowest BCUT2D eigenvalue weighted by Crippen LogP contribution is -2.34. The SMILES string of the molecule is CSC(C)(C)CNC(C)c1cccc(F)c1F. The molecule has 17 heavy (non-hydrogen) atoms. The molecule has 1 atom stereocenters. The zero-order valence-electron chi connectivity index (χ0n) is 10.7. The van der Waals surface area contributed by atoms with E-state index in [4.69, 9.17) is 0 Å². The van der Waals surface area contributed by atoms with Crippen LogP contribution in [0.15, 0.2) is 18.2 Å². The molecule has 0 heterocycles. The standard InChI is InChI=1S/C13H19F2NS/c1-9(16-8-13(2,3)17-4)10-6-5-7-11(14)12(10)15/h5-7,9,16H,8H2,1-4H3. The van der Waals surface area contributed by atoms with Gasteiger partial charge in [0, 0.05) is 22.9 Å². The fourth-order valence-corrected chi connectivity index (χ4v) is 1.66. The Hall–Kier alpha value is -0.610. The van der Waals surface area contributed by atoms with Crippen molar-refractivity contribution in [3.63, 3.8) is 0 Å². The molecule has 0 amide bonds. The normalized spacial score (nSPS) is 13.8. The van der Waals surface area contributed by atoms with Crippen molar-refractivity contribution in [2.75, 3.05) is 12.8 Å². The highest BCUT2D eigenvalue weighted by atomic mass is 32.2. The minimum atomic E-state index is -0.791. The zero-order valence-corrected chi connectivity index (χ0v) is 11.5. The highest BCUT2D eigenvalue weighted by Crippen LogP contribution is 2.23. The predicted octanol–water partition coefficient (Wildman–Crippen LogP) is 3.76. The first-order valence-electron chi connectivity index (χ1n) is 5.60. The van der Waals surface area contributed by atoms with Gasteiger partial charge in [-0.1, -0.05) is 12.1 Å². The molecule has 1 aromatic rings. The van der Waals surface area contributed by atoms with Crippen molar-refractivity contribution in [3.8, 4) is 0 Å². The van der Waals surface area contributed by atoms with E-state index in [1.807, 2.05) is 13.2 Å². The molecular formula is C13H19F2NS. The molecule has 1 aromatic carbocycles. The van der Waals surface area contributed by atoms with Crippen LogP contribution < -0.4 is 5.32 Å². The van der Waals surface area contributed by atoms with Gasteiger partial charge in [0.1, 0.15) is 0 Å². The smallest absolute Gasteiger partial charge is 0.163 e. The van der Waals surface area contributed by atoms with Crippen LogP contribution in [0, 0.1) is 11.6 Å². The number of halogens is 2. The van der Waals surface area contributed by atoms with Gasteiger partial charge in [-0.25, -0.2) is 8.78 Å². The maximum atomic E-state index is 13.5. The minimum absolute atomic E-state index is 0.0814. The maximum Gasteiger partial charge on any atom is 0.163 e. The Kier molecular flexibility index (Phi) is 4.95. The van der Waals surface area contributed by atoms with Crippen molar-refractivity contribution in [2.24, 2.45) is 0 Å². The number of benzene rings is 1. The molecular weight excluding hydrogens is 240 g/mol. The Morgan fingerprint density at radius 2 is 2.00 bits per heavy atom. The molecule has 0 fully saturated rings. The van der Waals surface area contributed by atoms with Crippen molar-refractivity contribution in [1.82, 2.24) is 5.32 Å². The predicted molar refractivity (Wildman–Crippen MR) is 70.4 cm³/mol. The quantitative estimate of drug-likeness (QED) is 0.864. The van der Waals surface area contributed by atoms with Gasteiger partial charge in [-0.05, 0) is 33.1 Å². The molecule has 0 saturated carbocycles. The fourth-order valence-electron chi connectivity index (χ4n) is 1.44. The summed E-state index contributed by atoms with van der Waals surface area (Å²) in [4.78, 5) is 0. The third-order valence-corrected chi connectivity index (χ3v) is 4.08. The zero-order chi connectivity index (χ0) is 13.1. The van der Waals surface area contributed by atoms with Crippen LogP contribution in [0.5, 0.6) is 0 Å². The van der Waals surface area contributed by atoms with Gasteiger partial charge in [-0.2, -0.15) is 11.8 Å². The van der Waals surface area contributed by atoms with E-state index in [9.17, 15) is 8.78 Å². The molecule has 0 spiro atoms. The van der Waals surface area contributed by atoms with Crippen LogP contribution in [-0.4, -0.2) is 17.5 Å². The van der Waals surface area contributed by atoms with Crippen LogP contribution >= 0.6 is 11.8 Å². The average molecular weight is 259 g/mol. The number of thioether (sulfide) groups is 1. The maximum absolute atomic E-state index is 13.5. The summed E-state index contributed by atoms with van der Waals surface area (Å²) in [7, 11) is 0. The topological polar surface area (TPSA) is 12.0 Å². The van der Waals surface area contributed by atoms with Crippen LogP contribution in [0.1, 0.15) is 32.4 Å². The van der Waals surface area contributed by atoms with Gasteiger partial charge < -0.3 is 5.32 Å². The van der Waals surface area contributed by atoms with Crippen molar-refractivity contribution < 1.29 is 8.78 Å². The van der Waals surface area contributed by atoms with Crippen LogP contribution in [-0.2, 0) is 0 Å². The third kappa shape index (κ3) is 3.96. The summed E-state index contributed by atoms with van der Waals surface area (Å²) in [5, 5.41) is 3.23. The van der Waals surface area contributed by atoms with Gasteiger partial charge in [-0.3, -0.25) is 0 Å². The lowest BCUT2D eigenvalue weighted by molar-refractivity contribution is 0.463. The second-order valence-electron chi connectivity index (χ2n) is 4.71. The summed E-state index contributed by atoms with van der Waals surface area (Å²) in [5.41, 5.74) is 0.377. The molecule has 96 valence electrons. The van der Waals surface area contributed by atoms with Crippen molar-refractivity contribution in [1.29, 1.82) is 0 Å². The lowest BCUT2D eigenvalue weighted by Gasteiger charge is -2.25. The Morgan fingerprint density at radius 1 is 1.35 bits per heavy atom. The number of rotatable bonds is 5. The highest BCUT2D eigenvalue weighted by molar-refractivity contribution is 7.99. The molecule has 1 N–H and O–H groups in total. The molecule has 1 rings (SSSR count). The summed E-state index contributed by atoms with van der Waals surface area (Å²) in [5.74, 6) is -1.55. The summed E-state index contributed by atoms with van der Waals surface area (Å²) < 4.78 is 26.7. The van der Waals surface area contributed by atoms with Crippen LogP contribution in [0.3, 0.4) is 0 Å². The van der Waals surface area contributed by atoms with E-state index in [1.165, 1.54) is 6.07 Å². The first-order valence-corrected chi connectivity index (χ1v) is 6.82. The molecule has 0 radical (unpaired) electrons. The van der Waals surface area contributed by atoms with E-state index in [0.717, 1.165) is 12.6 Å². The van der Waals surface area contributed by atoms with Gasteiger partial charge in [0.15, 0.2) is 11.6 Å². The summed E-state index contributed by atoms with van der Waals surface area (Å²) in [6.45, 7) is 6.80. The summed E-state index contributed by atoms with van der Waals surface area (Å²) in [6, 6.07) is 4.09. The fraction of sp³-hybridized carbons (Fsp3) is 0.538. The van der Waals surface area contributed by atoms with Crippen LogP contribution in [0.2, 0.25) is 0 Å². The number of hydrogen-bond donors (Lipinski definition) is 1. The van der Waals surface area contributed by atoms with Crippen molar-refractivity contribution in [3.05, 3.63) is 35.4 Å². The first-order chi connectivity index (χ1) is 7.87. The van der Waals surface area contributed by atoms with Crippen molar-refractivity contribution >= 4 is 11.8 Å². The average Bonchev–Trinajstić information content (AvgIpc) is 2.30. The summed E-state index contributed by atoms with van der Waals surface area (Å²) >= 11 is 1.74.